The van der Waals surface area contributed by atoms with Crippen molar-refractivity contribution in [1.29, 1.82) is 0 Å². The van der Waals surface area contributed by atoms with Gasteiger partial charge in [0.25, 0.3) is 11.1 Å². The standard InChI is InChI=1S/C23H22N4O5.ClH/c1-12-18(21(28)26-24-12)20(19-13(2)25-27-22(19)29)14-4-10-17(11-5-14)32-23(30)15-6-8-16(31-3)9-7-15;/h4-11,20H,1-3H3,(H2,24,26,28)(H2,25,27,29);1H. The number of rotatable bonds is 6. The first-order chi connectivity index (χ1) is 15.4. The van der Waals surface area contributed by atoms with Gasteiger partial charge in [0.15, 0.2) is 0 Å². The summed E-state index contributed by atoms with van der Waals surface area (Å²) in [6.45, 7) is 3.53. The van der Waals surface area contributed by atoms with Crippen LogP contribution in [0, 0.1) is 13.8 Å². The number of carbonyl (C=O) groups is 1. The number of aromatic amines is 4. The molecule has 0 bridgehead atoms. The maximum atomic E-state index is 12.5. The fraction of sp³-hybridized carbons (Fsp3) is 0.174. The summed E-state index contributed by atoms with van der Waals surface area (Å²) < 4.78 is 10.5. The predicted molar refractivity (Wildman–Crippen MR) is 125 cm³/mol. The van der Waals surface area contributed by atoms with E-state index in [1.165, 1.54) is 0 Å². The van der Waals surface area contributed by atoms with Gasteiger partial charge in [0.05, 0.1) is 23.8 Å². The molecular weight excluding hydrogens is 448 g/mol. The molecule has 0 saturated heterocycles. The van der Waals surface area contributed by atoms with Gasteiger partial charge < -0.3 is 19.7 Å². The molecule has 172 valence electrons. The number of esters is 1. The zero-order valence-electron chi connectivity index (χ0n) is 18.1. The number of methoxy groups -OCH3 is 1. The number of hydrogen-bond acceptors (Lipinski definition) is 5. The van der Waals surface area contributed by atoms with Gasteiger partial charge in [-0.3, -0.25) is 19.8 Å². The molecule has 0 aliphatic heterocycles. The Morgan fingerprint density at radius 3 is 1.67 bits per heavy atom. The summed E-state index contributed by atoms with van der Waals surface area (Å²) in [6, 6.07) is 13.3. The fourth-order valence-electron chi connectivity index (χ4n) is 3.71. The van der Waals surface area contributed by atoms with Crippen molar-refractivity contribution >= 4 is 18.4 Å². The molecule has 4 N–H and O–H groups in total. The first kappa shape index (κ1) is 23.7. The fourth-order valence-corrected chi connectivity index (χ4v) is 3.71. The third-order valence-electron chi connectivity index (χ3n) is 5.35. The number of hydrogen-bond donors (Lipinski definition) is 4. The van der Waals surface area contributed by atoms with Gasteiger partial charge in [-0.15, -0.1) is 12.4 Å². The van der Waals surface area contributed by atoms with Crippen LogP contribution in [-0.2, 0) is 0 Å². The van der Waals surface area contributed by atoms with Gasteiger partial charge in [0.2, 0.25) is 0 Å². The van der Waals surface area contributed by atoms with Gasteiger partial charge in [-0.1, -0.05) is 12.1 Å². The van der Waals surface area contributed by atoms with Crippen molar-refractivity contribution in [2.75, 3.05) is 7.11 Å². The summed E-state index contributed by atoms with van der Waals surface area (Å²) >= 11 is 0. The Balaban J connectivity index is 0.00000306. The molecule has 0 atom stereocenters. The molecule has 4 aromatic rings. The molecule has 2 heterocycles. The van der Waals surface area contributed by atoms with Crippen LogP contribution >= 0.6 is 12.4 Å². The average molecular weight is 471 g/mol. The van der Waals surface area contributed by atoms with Gasteiger partial charge >= 0.3 is 5.97 Å². The number of benzene rings is 2. The molecule has 0 aliphatic carbocycles. The zero-order valence-corrected chi connectivity index (χ0v) is 19.0. The van der Waals surface area contributed by atoms with Crippen molar-refractivity contribution in [3.8, 4) is 11.5 Å². The minimum atomic E-state index is -0.605. The van der Waals surface area contributed by atoms with Gasteiger partial charge in [-0.2, -0.15) is 0 Å². The second kappa shape index (κ2) is 9.66. The van der Waals surface area contributed by atoms with Crippen molar-refractivity contribution in [2.45, 2.75) is 19.8 Å². The van der Waals surface area contributed by atoms with E-state index in [1.807, 2.05) is 0 Å². The lowest BCUT2D eigenvalue weighted by Crippen LogP contribution is -2.20. The van der Waals surface area contributed by atoms with Crippen LogP contribution in [0.2, 0.25) is 0 Å². The Kier molecular flexibility index (Phi) is 6.93. The Hall–Kier alpha value is -3.98. The van der Waals surface area contributed by atoms with Crippen LogP contribution in [0.1, 0.15) is 44.4 Å². The summed E-state index contributed by atoms with van der Waals surface area (Å²) in [5, 5.41) is 10.8. The Morgan fingerprint density at radius 1 is 0.758 bits per heavy atom. The van der Waals surface area contributed by atoms with Crippen LogP contribution in [-0.4, -0.2) is 33.5 Å². The molecule has 0 amide bonds. The van der Waals surface area contributed by atoms with E-state index in [9.17, 15) is 14.4 Å². The molecule has 0 saturated carbocycles. The summed E-state index contributed by atoms with van der Waals surface area (Å²) in [7, 11) is 1.55. The first-order valence-corrected chi connectivity index (χ1v) is 9.89. The second-order valence-electron chi connectivity index (χ2n) is 7.36. The number of H-pyrrole nitrogens is 4. The van der Waals surface area contributed by atoms with Gasteiger partial charge in [-0.05, 0) is 55.8 Å². The number of nitrogens with one attached hydrogen (secondary N) is 4. The lowest BCUT2D eigenvalue weighted by atomic mass is 9.85. The molecule has 4 rings (SSSR count). The summed E-state index contributed by atoms with van der Waals surface area (Å²) in [4.78, 5) is 37.4. The zero-order chi connectivity index (χ0) is 22.8. The second-order valence-corrected chi connectivity index (χ2v) is 7.36. The van der Waals surface area contributed by atoms with Crippen molar-refractivity contribution < 1.29 is 14.3 Å². The Labute approximate surface area is 194 Å². The third kappa shape index (κ3) is 4.63. The molecule has 2 aromatic carbocycles. The van der Waals surface area contributed by atoms with Crippen LogP contribution in [0.25, 0.3) is 0 Å². The highest BCUT2D eigenvalue weighted by Crippen LogP contribution is 2.32. The lowest BCUT2D eigenvalue weighted by Gasteiger charge is -2.16. The van der Waals surface area contributed by atoms with Crippen LogP contribution in [0.15, 0.2) is 58.1 Å². The van der Waals surface area contributed by atoms with Gasteiger partial charge in [-0.25, -0.2) is 4.79 Å². The van der Waals surface area contributed by atoms with Crippen LogP contribution in [0.5, 0.6) is 11.5 Å². The Bertz CT molecular complexity index is 1310. The van der Waals surface area contributed by atoms with Crippen LogP contribution < -0.4 is 20.6 Å². The van der Waals surface area contributed by atoms with Crippen LogP contribution in [0.4, 0.5) is 0 Å². The first-order valence-electron chi connectivity index (χ1n) is 9.89. The summed E-state index contributed by atoms with van der Waals surface area (Å²) in [6.07, 6.45) is 0. The molecule has 33 heavy (non-hydrogen) atoms. The molecule has 2 aromatic heterocycles. The number of ether oxygens (including phenoxy) is 2. The van der Waals surface area contributed by atoms with E-state index < -0.39 is 11.9 Å². The minimum absolute atomic E-state index is 0. The van der Waals surface area contributed by atoms with E-state index in [-0.39, 0.29) is 23.5 Å². The molecule has 0 radical (unpaired) electrons. The highest BCUT2D eigenvalue weighted by atomic mass is 35.5. The lowest BCUT2D eigenvalue weighted by molar-refractivity contribution is 0.0734. The molecule has 0 fully saturated rings. The van der Waals surface area contributed by atoms with Crippen LogP contribution in [0.3, 0.4) is 0 Å². The minimum Gasteiger partial charge on any atom is -0.497 e. The topological polar surface area (TPSA) is 133 Å². The van der Waals surface area contributed by atoms with Crippen molar-refractivity contribution in [1.82, 2.24) is 20.4 Å². The SMILES string of the molecule is COc1ccc(C(=O)Oc2ccc(C(c3c(C)[nH][nH]c3=O)c3c(C)[nH][nH]c3=O)cc2)cc1.Cl. The van der Waals surface area contributed by atoms with E-state index >= 15 is 0 Å². The number of carbonyl (C=O) groups excluding carboxylic acids is 1. The van der Waals surface area contributed by atoms with E-state index in [4.69, 9.17) is 9.47 Å². The largest absolute Gasteiger partial charge is 0.497 e. The highest BCUT2D eigenvalue weighted by Gasteiger charge is 2.28. The maximum Gasteiger partial charge on any atom is 0.343 e. The smallest absolute Gasteiger partial charge is 0.343 e. The average Bonchev–Trinajstić information content (AvgIpc) is 3.31. The van der Waals surface area contributed by atoms with Crippen molar-refractivity contribution in [2.24, 2.45) is 0 Å². The number of halogens is 1. The molecular formula is C23H23ClN4O5. The quantitative estimate of drug-likeness (QED) is 0.254. The summed E-state index contributed by atoms with van der Waals surface area (Å²) in [5.41, 5.74) is 2.64. The number of aryl methyl sites for hydroxylation is 2. The predicted octanol–water partition coefficient (Wildman–Crippen LogP) is 3.17. The number of aromatic nitrogens is 4. The monoisotopic (exact) mass is 470 g/mol. The highest BCUT2D eigenvalue weighted by molar-refractivity contribution is 5.91. The molecule has 9 nitrogen and oxygen atoms in total. The van der Waals surface area contributed by atoms with E-state index in [2.05, 4.69) is 20.4 Å². The molecule has 0 aliphatic rings. The van der Waals surface area contributed by atoms with E-state index in [0.717, 1.165) is 0 Å². The maximum absolute atomic E-state index is 12.5. The van der Waals surface area contributed by atoms with E-state index in [0.29, 0.717) is 45.1 Å². The van der Waals surface area contributed by atoms with E-state index in [1.54, 1.807) is 69.5 Å². The molecule has 0 spiro atoms. The normalized spacial score (nSPS) is 10.7. The molecule has 10 heteroatoms. The van der Waals surface area contributed by atoms with Crippen molar-refractivity contribution in [3.05, 3.63) is 103 Å². The van der Waals surface area contributed by atoms with Gasteiger partial charge in [0.1, 0.15) is 11.5 Å². The van der Waals surface area contributed by atoms with Crippen molar-refractivity contribution in [3.63, 3.8) is 0 Å². The third-order valence-corrected chi connectivity index (χ3v) is 5.35. The molecule has 0 unspecified atom stereocenters. The summed E-state index contributed by atoms with van der Waals surface area (Å²) in [5.74, 6) is -0.131. The Morgan fingerprint density at radius 2 is 1.24 bits per heavy atom. The van der Waals surface area contributed by atoms with Gasteiger partial charge in [0, 0.05) is 17.3 Å².